The summed E-state index contributed by atoms with van der Waals surface area (Å²) in [5.74, 6) is 1.23. The van der Waals surface area contributed by atoms with Crippen molar-refractivity contribution in [1.82, 2.24) is 9.97 Å². The largest absolute Gasteiger partial charge is 0.469 e. The molecule has 0 amide bonds. The molecule has 0 unspecified atom stereocenters. The van der Waals surface area contributed by atoms with Gasteiger partial charge in [0.15, 0.2) is 0 Å². The fourth-order valence-corrected chi connectivity index (χ4v) is 1.61. The van der Waals surface area contributed by atoms with Crippen LogP contribution in [0.15, 0.2) is 10.9 Å². The number of esters is 1. The third-order valence-electron chi connectivity index (χ3n) is 2.79. The second kappa shape index (κ2) is 6.92. The first-order valence-electron chi connectivity index (χ1n) is 6.33. The van der Waals surface area contributed by atoms with Crippen LogP contribution in [0.5, 0.6) is 0 Å². The van der Waals surface area contributed by atoms with Crippen LogP contribution in [0.25, 0.3) is 0 Å². The van der Waals surface area contributed by atoms with E-state index in [4.69, 9.17) is 0 Å². The Bertz CT molecular complexity index is 482. The number of methoxy groups -OCH3 is 1. The summed E-state index contributed by atoms with van der Waals surface area (Å²) in [5, 5.41) is 0. The van der Waals surface area contributed by atoms with Crippen molar-refractivity contribution in [3.63, 3.8) is 0 Å². The molecular formula is C13H21N3O3. The van der Waals surface area contributed by atoms with Crippen molar-refractivity contribution in [1.29, 1.82) is 0 Å². The predicted octanol–water partition coefficient (Wildman–Crippen LogP) is 1.28. The number of H-pyrrole nitrogens is 1. The molecule has 6 nitrogen and oxygen atoms in total. The maximum atomic E-state index is 11.6. The van der Waals surface area contributed by atoms with Gasteiger partial charge >= 0.3 is 5.97 Å². The van der Waals surface area contributed by atoms with E-state index in [2.05, 4.69) is 14.7 Å². The molecule has 1 aromatic heterocycles. The molecule has 0 aromatic carbocycles. The van der Waals surface area contributed by atoms with Gasteiger partial charge in [-0.3, -0.25) is 9.59 Å². The Hall–Kier alpha value is -1.85. The van der Waals surface area contributed by atoms with Crippen LogP contribution in [0.1, 0.15) is 38.4 Å². The number of aromatic nitrogens is 2. The van der Waals surface area contributed by atoms with E-state index in [0.29, 0.717) is 31.0 Å². The van der Waals surface area contributed by atoms with Gasteiger partial charge in [-0.25, -0.2) is 4.98 Å². The van der Waals surface area contributed by atoms with Gasteiger partial charge in [-0.05, 0) is 6.42 Å². The number of carbonyl (C=O) groups excluding carboxylic acids is 1. The topological polar surface area (TPSA) is 75.3 Å². The first-order valence-corrected chi connectivity index (χ1v) is 6.33. The Labute approximate surface area is 112 Å². The summed E-state index contributed by atoms with van der Waals surface area (Å²) in [6.07, 6.45) is 1.02. The minimum absolute atomic E-state index is 0.159. The Morgan fingerprint density at radius 2 is 2.21 bits per heavy atom. The molecule has 0 aliphatic rings. The number of nitrogens with one attached hydrogen (secondary N) is 1. The van der Waals surface area contributed by atoms with Gasteiger partial charge in [0.2, 0.25) is 0 Å². The van der Waals surface area contributed by atoms with Crippen LogP contribution in [0.3, 0.4) is 0 Å². The zero-order valence-corrected chi connectivity index (χ0v) is 11.9. The molecule has 6 heteroatoms. The van der Waals surface area contributed by atoms with E-state index < -0.39 is 0 Å². The van der Waals surface area contributed by atoms with Crippen molar-refractivity contribution in [2.45, 2.75) is 32.6 Å². The zero-order chi connectivity index (χ0) is 14.4. The second-order valence-electron chi connectivity index (χ2n) is 4.74. The SMILES string of the molecule is COC(=O)CCCN(C)c1cc(=O)[nH]c(C(C)C)n1. The average molecular weight is 267 g/mol. The molecule has 1 rings (SSSR count). The number of ether oxygens (including phenoxy) is 1. The normalized spacial score (nSPS) is 10.6. The van der Waals surface area contributed by atoms with Gasteiger partial charge in [0, 0.05) is 32.0 Å². The van der Waals surface area contributed by atoms with Gasteiger partial charge < -0.3 is 14.6 Å². The van der Waals surface area contributed by atoms with E-state index in [0.717, 1.165) is 0 Å². The summed E-state index contributed by atoms with van der Waals surface area (Å²) in [6.45, 7) is 4.59. The van der Waals surface area contributed by atoms with E-state index in [9.17, 15) is 9.59 Å². The van der Waals surface area contributed by atoms with Crippen molar-refractivity contribution in [3.05, 3.63) is 22.2 Å². The molecule has 0 saturated heterocycles. The first kappa shape index (κ1) is 15.2. The lowest BCUT2D eigenvalue weighted by Crippen LogP contribution is -2.24. The molecule has 0 aliphatic carbocycles. The van der Waals surface area contributed by atoms with Crippen LogP contribution in [-0.2, 0) is 9.53 Å². The highest BCUT2D eigenvalue weighted by Crippen LogP contribution is 2.12. The molecule has 0 atom stereocenters. The van der Waals surface area contributed by atoms with Gasteiger partial charge in [0.1, 0.15) is 11.6 Å². The molecule has 106 valence electrons. The molecule has 1 aromatic rings. The molecular weight excluding hydrogens is 246 g/mol. The standard InChI is InChI=1S/C13H21N3O3/c1-9(2)13-14-10(8-11(17)15-13)16(3)7-5-6-12(18)19-4/h8-9H,5-7H2,1-4H3,(H,14,15,17). The molecule has 0 fully saturated rings. The van der Waals surface area contributed by atoms with E-state index in [1.54, 1.807) is 0 Å². The Balaban J connectivity index is 2.68. The number of carbonyl (C=O) groups is 1. The lowest BCUT2D eigenvalue weighted by atomic mass is 10.2. The summed E-state index contributed by atoms with van der Waals surface area (Å²) in [4.78, 5) is 31.6. The second-order valence-corrected chi connectivity index (χ2v) is 4.74. The van der Waals surface area contributed by atoms with Gasteiger partial charge in [0.05, 0.1) is 7.11 Å². The molecule has 1 N–H and O–H groups in total. The highest BCUT2D eigenvalue weighted by molar-refractivity contribution is 5.69. The number of nitrogens with zero attached hydrogens (tertiary/aromatic N) is 2. The number of rotatable bonds is 6. The molecule has 0 radical (unpaired) electrons. The van der Waals surface area contributed by atoms with Crippen molar-refractivity contribution < 1.29 is 9.53 Å². The van der Waals surface area contributed by atoms with Crippen LogP contribution >= 0.6 is 0 Å². The summed E-state index contributed by atoms with van der Waals surface area (Å²) < 4.78 is 4.58. The lowest BCUT2D eigenvalue weighted by Gasteiger charge is -2.18. The maximum Gasteiger partial charge on any atom is 0.305 e. The van der Waals surface area contributed by atoms with E-state index >= 15 is 0 Å². The monoisotopic (exact) mass is 267 g/mol. The van der Waals surface area contributed by atoms with Crippen LogP contribution in [0, 0.1) is 0 Å². The van der Waals surface area contributed by atoms with Gasteiger partial charge in [0.25, 0.3) is 5.56 Å². The molecule has 0 bridgehead atoms. The number of hydrogen-bond acceptors (Lipinski definition) is 5. The zero-order valence-electron chi connectivity index (χ0n) is 11.9. The fraction of sp³-hybridized carbons (Fsp3) is 0.615. The minimum Gasteiger partial charge on any atom is -0.469 e. The maximum absolute atomic E-state index is 11.6. The molecule has 0 saturated carbocycles. The van der Waals surface area contributed by atoms with Crippen molar-refractivity contribution >= 4 is 11.8 Å². The molecule has 0 spiro atoms. The molecule has 19 heavy (non-hydrogen) atoms. The lowest BCUT2D eigenvalue weighted by molar-refractivity contribution is -0.140. The highest BCUT2D eigenvalue weighted by Gasteiger charge is 2.09. The van der Waals surface area contributed by atoms with Gasteiger partial charge in [-0.15, -0.1) is 0 Å². The summed E-state index contributed by atoms with van der Waals surface area (Å²) in [6, 6.07) is 1.46. The number of anilines is 1. The van der Waals surface area contributed by atoms with E-state index in [1.165, 1.54) is 13.2 Å². The van der Waals surface area contributed by atoms with Crippen molar-refractivity contribution in [2.75, 3.05) is 25.6 Å². The summed E-state index contributed by atoms with van der Waals surface area (Å²) in [7, 11) is 3.22. The number of aromatic amines is 1. The van der Waals surface area contributed by atoms with Crippen LogP contribution in [0.4, 0.5) is 5.82 Å². The molecule has 1 heterocycles. The Morgan fingerprint density at radius 1 is 1.53 bits per heavy atom. The highest BCUT2D eigenvalue weighted by atomic mass is 16.5. The quantitative estimate of drug-likeness (QED) is 0.786. The Morgan fingerprint density at radius 3 is 2.79 bits per heavy atom. The summed E-state index contributed by atoms with van der Waals surface area (Å²) >= 11 is 0. The van der Waals surface area contributed by atoms with E-state index in [1.807, 2.05) is 25.8 Å². The smallest absolute Gasteiger partial charge is 0.305 e. The van der Waals surface area contributed by atoms with Crippen molar-refractivity contribution in [2.24, 2.45) is 0 Å². The molecule has 0 aliphatic heterocycles. The number of hydrogen-bond donors (Lipinski definition) is 1. The van der Waals surface area contributed by atoms with Crippen LogP contribution in [0.2, 0.25) is 0 Å². The van der Waals surface area contributed by atoms with E-state index in [-0.39, 0.29) is 17.4 Å². The van der Waals surface area contributed by atoms with Gasteiger partial charge in [-0.2, -0.15) is 0 Å². The Kier molecular flexibility index (Phi) is 5.54. The van der Waals surface area contributed by atoms with Crippen LogP contribution in [-0.4, -0.2) is 36.6 Å². The predicted molar refractivity (Wildman–Crippen MR) is 73.5 cm³/mol. The fourth-order valence-electron chi connectivity index (χ4n) is 1.61. The average Bonchev–Trinajstić information content (AvgIpc) is 2.37. The third kappa shape index (κ3) is 4.73. The van der Waals surface area contributed by atoms with Crippen LogP contribution < -0.4 is 10.5 Å². The van der Waals surface area contributed by atoms with Crippen molar-refractivity contribution in [3.8, 4) is 0 Å². The first-order chi connectivity index (χ1) is 8.93. The summed E-state index contributed by atoms with van der Waals surface area (Å²) in [5.41, 5.74) is -0.159. The third-order valence-corrected chi connectivity index (χ3v) is 2.79. The van der Waals surface area contributed by atoms with Gasteiger partial charge in [-0.1, -0.05) is 13.8 Å². The minimum atomic E-state index is -0.227.